The molecule has 0 saturated carbocycles. The molecule has 1 aromatic heterocycles. The number of methoxy groups -OCH3 is 1. The van der Waals surface area contributed by atoms with Crippen molar-refractivity contribution in [2.45, 2.75) is 11.8 Å². The van der Waals surface area contributed by atoms with Crippen LogP contribution in [0.1, 0.15) is 20.8 Å². The van der Waals surface area contributed by atoms with Gasteiger partial charge in [-0.05, 0) is 52.7 Å². The zero-order valence-electron chi connectivity index (χ0n) is 9.84. The molecule has 0 aliphatic rings. The lowest BCUT2D eigenvalue weighted by Crippen LogP contribution is -1.96. The maximum absolute atomic E-state index is 13.4. The summed E-state index contributed by atoms with van der Waals surface area (Å²) in [6, 6.07) is 6.63. The number of rotatable bonds is 3. The normalized spacial score (nSPS) is 12.5. The van der Waals surface area contributed by atoms with Gasteiger partial charge in [-0.2, -0.15) is 0 Å². The van der Waals surface area contributed by atoms with Crippen LogP contribution in [0.5, 0.6) is 5.75 Å². The first kappa shape index (κ1) is 14.0. The highest BCUT2D eigenvalue weighted by Crippen LogP contribution is 2.42. The summed E-state index contributed by atoms with van der Waals surface area (Å²) in [4.78, 5) is 1.04. The number of aryl methyl sites for hydroxylation is 1. The number of alkyl halides is 1. The molecule has 5 heteroatoms. The summed E-state index contributed by atoms with van der Waals surface area (Å²) in [6.07, 6.45) is 0. The molecule has 1 atom stereocenters. The van der Waals surface area contributed by atoms with Gasteiger partial charge >= 0.3 is 0 Å². The Morgan fingerprint density at radius 3 is 2.61 bits per heavy atom. The van der Waals surface area contributed by atoms with Crippen LogP contribution in [0, 0.1) is 12.7 Å². The van der Waals surface area contributed by atoms with Gasteiger partial charge in [-0.3, -0.25) is 0 Å². The summed E-state index contributed by atoms with van der Waals surface area (Å²) in [5, 5.41) is 0. The van der Waals surface area contributed by atoms with Gasteiger partial charge in [-0.25, -0.2) is 4.39 Å². The first-order valence-corrected chi connectivity index (χ1v) is 7.78. The van der Waals surface area contributed by atoms with Crippen LogP contribution in [-0.2, 0) is 0 Å². The first-order chi connectivity index (χ1) is 8.52. The Morgan fingerprint density at radius 1 is 1.33 bits per heavy atom. The molecule has 0 bridgehead atoms. The molecule has 0 radical (unpaired) electrons. The van der Waals surface area contributed by atoms with Gasteiger partial charge in [-0.1, -0.05) is 15.9 Å². The summed E-state index contributed by atoms with van der Waals surface area (Å²) < 4.78 is 19.7. The number of hydrogen-bond acceptors (Lipinski definition) is 2. The second kappa shape index (κ2) is 5.72. The van der Waals surface area contributed by atoms with Crippen LogP contribution in [-0.4, -0.2) is 7.11 Å². The van der Waals surface area contributed by atoms with Crippen molar-refractivity contribution in [3.8, 4) is 5.75 Å². The molecule has 0 N–H and O–H groups in total. The maximum Gasteiger partial charge on any atom is 0.123 e. The van der Waals surface area contributed by atoms with Gasteiger partial charge < -0.3 is 4.74 Å². The highest BCUT2D eigenvalue weighted by atomic mass is 79.9. The molecule has 2 rings (SSSR count). The highest BCUT2D eigenvalue weighted by Gasteiger charge is 2.18. The van der Waals surface area contributed by atoms with Gasteiger partial charge in [0.15, 0.2) is 0 Å². The monoisotopic (exact) mass is 392 g/mol. The Bertz CT molecular complexity index is 549. The first-order valence-electron chi connectivity index (χ1n) is 5.26. The van der Waals surface area contributed by atoms with Crippen molar-refractivity contribution in [3.63, 3.8) is 0 Å². The van der Waals surface area contributed by atoms with Gasteiger partial charge in [0.25, 0.3) is 0 Å². The minimum atomic E-state index is -0.261. The maximum atomic E-state index is 13.4. The number of hydrogen-bond donors (Lipinski definition) is 0. The van der Waals surface area contributed by atoms with E-state index in [4.69, 9.17) is 4.74 Å². The number of halogens is 3. The fourth-order valence-corrected chi connectivity index (χ4v) is 4.00. The summed E-state index contributed by atoms with van der Waals surface area (Å²) in [7, 11) is 1.59. The van der Waals surface area contributed by atoms with Crippen LogP contribution in [0.3, 0.4) is 0 Å². The van der Waals surface area contributed by atoms with Gasteiger partial charge in [-0.15, -0.1) is 11.3 Å². The van der Waals surface area contributed by atoms with E-state index in [2.05, 4.69) is 37.9 Å². The van der Waals surface area contributed by atoms with E-state index in [1.54, 1.807) is 24.5 Å². The molecule has 18 heavy (non-hydrogen) atoms. The third-order valence-electron chi connectivity index (χ3n) is 2.59. The van der Waals surface area contributed by atoms with Crippen LogP contribution < -0.4 is 4.74 Å². The molecule has 1 heterocycles. The Hall–Kier alpha value is -0.390. The van der Waals surface area contributed by atoms with E-state index in [1.165, 1.54) is 17.7 Å². The van der Waals surface area contributed by atoms with Crippen LogP contribution >= 0.6 is 43.2 Å². The lowest BCUT2D eigenvalue weighted by Gasteiger charge is -2.13. The quantitative estimate of drug-likeness (QED) is 0.630. The number of ether oxygens (including phenoxy) is 1. The molecule has 1 aromatic carbocycles. The van der Waals surface area contributed by atoms with Crippen molar-refractivity contribution in [1.29, 1.82) is 0 Å². The van der Waals surface area contributed by atoms with Gasteiger partial charge in [0.1, 0.15) is 11.6 Å². The molecule has 0 amide bonds. The summed E-state index contributed by atoms with van der Waals surface area (Å²) >= 11 is 8.74. The van der Waals surface area contributed by atoms with E-state index >= 15 is 0 Å². The van der Waals surface area contributed by atoms with Crippen molar-refractivity contribution < 1.29 is 9.13 Å². The summed E-state index contributed by atoms with van der Waals surface area (Å²) in [6.45, 7) is 2.03. The zero-order valence-corrected chi connectivity index (χ0v) is 13.8. The predicted molar refractivity (Wildman–Crippen MR) is 80.5 cm³/mol. The summed E-state index contributed by atoms with van der Waals surface area (Å²) in [5.41, 5.74) is 1.97. The van der Waals surface area contributed by atoms with Crippen LogP contribution in [0.15, 0.2) is 28.1 Å². The Morgan fingerprint density at radius 2 is 2.06 bits per heavy atom. The third kappa shape index (κ3) is 2.78. The van der Waals surface area contributed by atoms with E-state index in [9.17, 15) is 4.39 Å². The molecule has 0 aliphatic carbocycles. The van der Waals surface area contributed by atoms with Gasteiger partial charge in [0.05, 0.1) is 15.7 Å². The van der Waals surface area contributed by atoms with Crippen LogP contribution in [0.2, 0.25) is 0 Å². The average Bonchev–Trinajstić information content (AvgIpc) is 2.68. The molecule has 0 aliphatic heterocycles. The van der Waals surface area contributed by atoms with E-state index in [-0.39, 0.29) is 10.6 Å². The van der Waals surface area contributed by atoms with E-state index in [0.29, 0.717) is 5.75 Å². The molecule has 96 valence electrons. The van der Waals surface area contributed by atoms with E-state index < -0.39 is 0 Å². The van der Waals surface area contributed by atoms with E-state index in [1.807, 2.05) is 6.92 Å². The number of benzene rings is 1. The van der Waals surface area contributed by atoms with Crippen molar-refractivity contribution in [3.05, 3.63) is 49.9 Å². The van der Waals surface area contributed by atoms with Crippen LogP contribution in [0.4, 0.5) is 4.39 Å². The standard InChI is InChI=1S/C13H11Br2FOS/c1-7-5-11(18-13(7)15)12(14)9-6-8(16)3-4-10(9)17-2/h3-6,12H,1-2H3. The third-order valence-corrected chi connectivity index (χ3v) is 6.08. The fraction of sp³-hybridized carbons (Fsp3) is 0.231. The van der Waals surface area contributed by atoms with Gasteiger partial charge in [0, 0.05) is 10.4 Å². The van der Waals surface area contributed by atoms with Crippen molar-refractivity contribution in [2.24, 2.45) is 0 Å². The smallest absolute Gasteiger partial charge is 0.123 e. The Kier molecular flexibility index (Phi) is 4.45. The van der Waals surface area contributed by atoms with Crippen LogP contribution in [0.25, 0.3) is 0 Å². The molecular weight excluding hydrogens is 383 g/mol. The topological polar surface area (TPSA) is 9.23 Å². The zero-order chi connectivity index (χ0) is 13.3. The molecule has 0 fully saturated rings. The second-order valence-electron chi connectivity index (χ2n) is 3.85. The molecule has 2 aromatic rings. The predicted octanol–water partition coefficient (Wildman–Crippen LogP) is 5.45. The lowest BCUT2D eigenvalue weighted by molar-refractivity contribution is 0.409. The molecule has 0 saturated heterocycles. The second-order valence-corrected chi connectivity index (χ2v) is 7.17. The molecular formula is C13H11Br2FOS. The largest absolute Gasteiger partial charge is 0.496 e. The lowest BCUT2D eigenvalue weighted by atomic mass is 10.1. The Labute approximate surface area is 126 Å². The minimum absolute atomic E-state index is 0.0712. The molecule has 1 unspecified atom stereocenters. The van der Waals surface area contributed by atoms with Crippen molar-refractivity contribution in [2.75, 3.05) is 7.11 Å². The SMILES string of the molecule is COc1ccc(F)cc1C(Br)c1cc(C)c(Br)s1. The van der Waals surface area contributed by atoms with E-state index in [0.717, 1.165) is 14.2 Å². The van der Waals surface area contributed by atoms with Crippen molar-refractivity contribution >= 4 is 43.2 Å². The molecule has 1 nitrogen and oxygen atoms in total. The summed E-state index contributed by atoms with van der Waals surface area (Å²) in [5.74, 6) is 0.419. The van der Waals surface area contributed by atoms with Gasteiger partial charge in [0.2, 0.25) is 0 Å². The minimum Gasteiger partial charge on any atom is -0.496 e. The Balaban J connectivity index is 2.44. The number of thiophene rings is 1. The molecule has 0 spiro atoms. The average molecular weight is 394 g/mol. The fourth-order valence-electron chi connectivity index (χ4n) is 1.66. The highest BCUT2D eigenvalue weighted by molar-refractivity contribution is 9.11. The van der Waals surface area contributed by atoms with Crippen molar-refractivity contribution in [1.82, 2.24) is 0 Å².